The van der Waals surface area contributed by atoms with Gasteiger partial charge in [-0.15, -0.1) is 11.6 Å². The quantitative estimate of drug-likeness (QED) is 0.803. The second-order valence-corrected chi connectivity index (χ2v) is 4.92. The van der Waals surface area contributed by atoms with Crippen LogP contribution < -0.4 is 5.32 Å². The van der Waals surface area contributed by atoms with Gasteiger partial charge in [0.25, 0.3) is 0 Å². The molecular formula is C13H13ClN2. The molecule has 0 spiro atoms. The summed E-state index contributed by atoms with van der Waals surface area (Å²) in [5.41, 5.74) is 1.04. The smallest absolute Gasteiger partial charge is 0.126 e. The maximum absolute atomic E-state index is 5.94. The van der Waals surface area contributed by atoms with Crippen molar-refractivity contribution in [2.75, 3.05) is 5.32 Å². The van der Waals surface area contributed by atoms with Gasteiger partial charge in [-0.2, -0.15) is 0 Å². The van der Waals surface area contributed by atoms with Crippen molar-refractivity contribution in [2.24, 2.45) is 0 Å². The van der Waals surface area contributed by atoms with E-state index in [1.54, 1.807) is 0 Å². The third-order valence-electron chi connectivity index (χ3n) is 3.03. The van der Waals surface area contributed by atoms with Crippen molar-refractivity contribution in [3.63, 3.8) is 0 Å². The van der Waals surface area contributed by atoms with Crippen LogP contribution in [0.1, 0.15) is 12.8 Å². The molecule has 16 heavy (non-hydrogen) atoms. The average Bonchev–Trinajstić information content (AvgIpc) is 2.27. The summed E-state index contributed by atoms with van der Waals surface area (Å²) in [6.45, 7) is 0. The monoisotopic (exact) mass is 232 g/mol. The molecule has 0 saturated heterocycles. The number of para-hydroxylation sites is 1. The zero-order valence-electron chi connectivity index (χ0n) is 8.86. The van der Waals surface area contributed by atoms with Gasteiger partial charge in [0, 0.05) is 16.8 Å². The van der Waals surface area contributed by atoms with E-state index in [9.17, 15) is 0 Å². The van der Waals surface area contributed by atoms with Crippen molar-refractivity contribution in [3.05, 3.63) is 36.4 Å². The summed E-state index contributed by atoms with van der Waals surface area (Å²) < 4.78 is 0. The number of rotatable bonds is 2. The van der Waals surface area contributed by atoms with Crippen LogP contribution in [-0.4, -0.2) is 16.4 Å². The van der Waals surface area contributed by atoms with E-state index in [2.05, 4.69) is 22.4 Å². The molecule has 0 atom stereocenters. The van der Waals surface area contributed by atoms with Crippen LogP contribution in [0.4, 0.5) is 5.82 Å². The zero-order valence-corrected chi connectivity index (χ0v) is 9.61. The second kappa shape index (κ2) is 3.95. The van der Waals surface area contributed by atoms with Gasteiger partial charge in [-0.25, -0.2) is 4.98 Å². The van der Waals surface area contributed by atoms with Crippen molar-refractivity contribution < 1.29 is 0 Å². The van der Waals surface area contributed by atoms with Gasteiger partial charge < -0.3 is 5.32 Å². The Bertz CT molecular complexity index is 506. The molecular weight excluding hydrogens is 220 g/mol. The minimum Gasteiger partial charge on any atom is -0.367 e. The van der Waals surface area contributed by atoms with Gasteiger partial charge in [-0.1, -0.05) is 18.2 Å². The largest absolute Gasteiger partial charge is 0.367 e. The number of fused-ring (bicyclic) bond motifs is 1. The Hall–Kier alpha value is -1.28. The third kappa shape index (κ3) is 1.85. The Morgan fingerprint density at radius 3 is 2.75 bits per heavy atom. The van der Waals surface area contributed by atoms with Crippen LogP contribution in [0.25, 0.3) is 10.9 Å². The van der Waals surface area contributed by atoms with Gasteiger partial charge in [0.05, 0.1) is 5.52 Å². The highest BCUT2D eigenvalue weighted by atomic mass is 35.5. The molecule has 0 aliphatic heterocycles. The van der Waals surface area contributed by atoms with E-state index >= 15 is 0 Å². The first kappa shape index (κ1) is 9.91. The average molecular weight is 233 g/mol. The molecule has 0 bridgehead atoms. The van der Waals surface area contributed by atoms with Crippen LogP contribution in [0.5, 0.6) is 0 Å². The van der Waals surface area contributed by atoms with Crippen molar-refractivity contribution >= 4 is 28.3 Å². The minimum absolute atomic E-state index is 0.345. The third-order valence-corrected chi connectivity index (χ3v) is 3.39. The number of aromatic nitrogens is 1. The van der Waals surface area contributed by atoms with Crippen LogP contribution in [0, 0.1) is 0 Å². The fourth-order valence-electron chi connectivity index (χ4n) is 2.02. The first-order chi connectivity index (χ1) is 7.81. The molecule has 1 aliphatic rings. The summed E-state index contributed by atoms with van der Waals surface area (Å²) in [6.07, 6.45) is 2.08. The van der Waals surface area contributed by atoms with Crippen molar-refractivity contribution in [2.45, 2.75) is 24.3 Å². The standard InChI is InChI=1S/C13H13ClN2/c14-10-7-11(8-10)15-13-6-5-9-3-1-2-4-12(9)16-13/h1-6,10-11H,7-8H2,(H,15,16). The molecule has 1 heterocycles. The van der Waals surface area contributed by atoms with Crippen molar-refractivity contribution in [1.29, 1.82) is 0 Å². The van der Waals surface area contributed by atoms with E-state index in [4.69, 9.17) is 11.6 Å². The van der Waals surface area contributed by atoms with Crippen molar-refractivity contribution in [1.82, 2.24) is 4.98 Å². The maximum Gasteiger partial charge on any atom is 0.126 e. The van der Waals surface area contributed by atoms with Gasteiger partial charge >= 0.3 is 0 Å². The highest BCUT2D eigenvalue weighted by Crippen LogP contribution is 2.28. The fourth-order valence-corrected chi connectivity index (χ4v) is 2.45. The fraction of sp³-hybridized carbons (Fsp3) is 0.308. The highest BCUT2D eigenvalue weighted by molar-refractivity contribution is 6.21. The molecule has 1 fully saturated rings. The molecule has 82 valence electrons. The van der Waals surface area contributed by atoms with E-state index in [-0.39, 0.29) is 0 Å². The first-order valence-electron chi connectivity index (χ1n) is 5.58. The maximum atomic E-state index is 5.94. The normalized spacial score (nSPS) is 24.1. The number of hydrogen-bond acceptors (Lipinski definition) is 2. The molecule has 3 heteroatoms. The SMILES string of the molecule is ClC1CC(Nc2ccc3ccccc3n2)C1. The molecule has 1 saturated carbocycles. The Morgan fingerprint density at radius 1 is 1.12 bits per heavy atom. The molecule has 1 aromatic carbocycles. The number of nitrogens with zero attached hydrogens (tertiary/aromatic N) is 1. The van der Waals surface area contributed by atoms with E-state index < -0.39 is 0 Å². The molecule has 1 N–H and O–H groups in total. The first-order valence-corrected chi connectivity index (χ1v) is 6.01. The molecule has 3 rings (SSSR count). The second-order valence-electron chi connectivity index (χ2n) is 4.30. The lowest BCUT2D eigenvalue weighted by Gasteiger charge is -2.31. The van der Waals surface area contributed by atoms with Crippen molar-refractivity contribution in [3.8, 4) is 0 Å². The number of pyridine rings is 1. The summed E-state index contributed by atoms with van der Waals surface area (Å²) in [6, 6.07) is 12.8. The molecule has 0 amide bonds. The summed E-state index contributed by atoms with van der Waals surface area (Å²) >= 11 is 5.94. The number of benzene rings is 1. The van der Waals surface area contributed by atoms with Gasteiger partial charge in [0.1, 0.15) is 5.82 Å². The Labute approximate surface area is 99.6 Å². The summed E-state index contributed by atoms with van der Waals surface area (Å²) in [4.78, 5) is 4.57. The van der Waals surface area contributed by atoms with Gasteiger partial charge in [0.15, 0.2) is 0 Å². The number of anilines is 1. The van der Waals surface area contributed by atoms with E-state index in [1.165, 1.54) is 5.39 Å². The van der Waals surface area contributed by atoms with Gasteiger partial charge in [-0.3, -0.25) is 0 Å². The number of hydrogen-bond donors (Lipinski definition) is 1. The molecule has 2 aromatic rings. The number of nitrogens with one attached hydrogen (secondary N) is 1. The van der Waals surface area contributed by atoms with Crippen LogP contribution in [0.2, 0.25) is 0 Å². The minimum atomic E-state index is 0.345. The predicted molar refractivity (Wildman–Crippen MR) is 68.0 cm³/mol. The summed E-state index contributed by atoms with van der Waals surface area (Å²) in [5, 5.41) is 4.93. The summed E-state index contributed by atoms with van der Waals surface area (Å²) in [5.74, 6) is 0.951. The predicted octanol–water partition coefficient (Wildman–Crippen LogP) is 3.42. The number of alkyl halides is 1. The lowest BCUT2D eigenvalue weighted by molar-refractivity contribution is 0.453. The van der Waals surface area contributed by atoms with Gasteiger partial charge in [-0.05, 0) is 31.0 Å². The molecule has 2 nitrogen and oxygen atoms in total. The van der Waals surface area contributed by atoms with E-state index in [1.807, 2.05) is 24.3 Å². The lowest BCUT2D eigenvalue weighted by atomic mass is 9.92. The topological polar surface area (TPSA) is 24.9 Å². The molecule has 0 unspecified atom stereocenters. The number of halogens is 1. The zero-order chi connectivity index (χ0) is 11.0. The van der Waals surface area contributed by atoms with Gasteiger partial charge in [0.2, 0.25) is 0 Å². The molecule has 0 radical (unpaired) electrons. The highest BCUT2D eigenvalue weighted by Gasteiger charge is 2.27. The van der Waals surface area contributed by atoms with Crippen LogP contribution >= 0.6 is 11.6 Å². The Balaban J connectivity index is 1.82. The van der Waals surface area contributed by atoms with E-state index in [0.717, 1.165) is 24.2 Å². The van der Waals surface area contributed by atoms with Crippen LogP contribution in [0.15, 0.2) is 36.4 Å². The van der Waals surface area contributed by atoms with Crippen LogP contribution in [-0.2, 0) is 0 Å². The van der Waals surface area contributed by atoms with Crippen LogP contribution in [0.3, 0.4) is 0 Å². The van der Waals surface area contributed by atoms with E-state index in [0.29, 0.717) is 11.4 Å². The molecule has 1 aliphatic carbocycles. The Morgan fingerprint density at radius 2 is 1.94 bits per heavy atom. The Kier molecular flexibility index (Phi) is 2.44. The molecule has 1 aromatic heterocycles. The summed E-state index contributed by atoms with van der Waals surface area (Å²) in [7, 11) is 0. The lowest BCUT2D eigenvalue weighted by Crippen LogP contribution is -2.36.